The molecule has 1 aliphatic heterocycles. The van der Waals surface area contributed by atoms with Gasteiger partial charge in [0.2, 0.25) is 18.0 Å². The summed E-state index contributed by atoms with van der Waals surface area (Å²) in [4.78, 5) is 43.5. The number of benzene rings is 2. The van der Waals surface area contributed by atoms with Gasteiger partial charge in [0, 0.05) is 36.4 Å². The van der Waals surface area contributed by atoms with Gasteiger partial charge in [-0.15, -0.1) is 0 Å². The lowest BCUT2D eigenvalue weighted by molar-refractivity contribution is -0.147. The van der Waals surface area contributed by atoms with Gasteiger partial charge < -0.3 is 16.0 Å². The molecule has 3 N–H and O–H groups in total. The van der Waals surface area contributed by atoms with Gasteiger partial charge in [0.15, 0.2) is 0 Å². The van der Waals surface area contributed by atoms with Crippen molar-refractivity contribution in [3.63, 3.8) is 0 Å². The van der Waals surface area contributed by atoms with E-state index in [0.717, 1.165) is 18.9 Å². The number of hydrogen-bond acceptors (Lipinski definition) is 4. The molecule has 7 nitrogen and oxygen atoms in total. The van der Waals surface area contributed by atoms with Crippen LogP contribution in [0.5, 0.6) is 0 Å². The first-order chi connectivity index (χ1) is 18.1. The molecule has 11 heteroatoms. The number of fused-ring (bicyclic) bond motifs is 1. The van der Waals surface area contributed by atoms with E-state index in [4.69, 9.17) is 0 Å². The zero-order valence-corrected chi connectivity index (χ0v) is 20.4. The average Bonchev–Trinajstić information content (AvgIpc) is 3.71. The molecule has 2 aliphatic rings. The summed E-state index contributed by atoms with van der Waals surface area (Å²) in [6, 6.07) is 12.8. The highest BCUT2D eigenvalue weighted by atomic mass is 19.4. The molecule has 38 heavy (non-hydrogen) atoms. The molecular formula is C27H27F4N4O3. The molecular weight excluding hydrogens is 504 g/mol. The van der Waals surface area contributed by atoms with E-state index in [9.17, 15) is 31.9 Å². The van der Waals surface area contributed by atoms with Gasteiger partial charge in [0.05, 0.1) is 11.4 Å². The standard InChI is InChI=1S/C27H27F4N4O3/c1-32-24(36)19(14-15-10-11-15)17(12-13-27(29,30)31)25(37)35-23-26(38)34-22-18(8-5-9-20(22)28)21(33-23)16-6-3-2-4-7-16/h2-9,15,17,19,23H,1,10-14H2,(H,32,36)(H,34,38)(H,35,37)/t17-,19+,23-/m1/s1. The number of alkyl halides is 3. The molecule has 2 aromatic rings. The molecule has 0 saturated heterocycles. The molecule has 1 heterocycles. The second-order valence-corrected chi connectivity index (χ2v) is 9.49. The molecule has 0 aromatic heterocycles. The van der Waals surface area contributed by atoms with Crippen LogP contribution >= 0.6 is 0 Å². The zero-order valence-electron chi connectivity index (χ0n) is 20.4. The molecule has 1 aliphatic carbocycles. The molecule has 4 rings (SSSR count). The molecule has 3 amide bonds. The number of nitrogens with zero attached hydrogens (tertiary/aromatic N) is 1. The van der Waals surface area contributed by atoms with Crippen molar-refractivity contribution in [1.29, 1.82) is 0 Å². The van der Waals surface area contributed by atoms with E-state index in [1.165, 1.54) is 6.07 Å². The van der Waals surface area contributed by atoms with E-state index in [1.54, 1.807) is 36.4 Å². The van der Waals surface area contributed by atoms with E-state index in [2.05, 4.69) is 28.0 Å². The number of anilines is 1. The summed E-state index contributed by atoms with van der Waals surface area (Å²) in [5.41, 5.74) is 0.888. The summed E-state index contributed by atoms with van der Waals surface area (Å²) < 4.78 is 54.1. The third-order valence-corrected chi connectivity index (χ3v) is 6.71. The number of carbonyl (C=O) groups excluding carboxylic acids is 3. The van der Waals surface area contributed by atoms with E-state index in [0.29, 0.717) is 5.56 Å². The SMILES string of the molecule is [CH2]NC(=O)[C@@H](CC1CC1)[C@@H](CCC(F)(F)F)C(=O)N[C@H]1N=C(c2ccccc2)c2cccc(F)c2NC1=O. The van der Waals surface area contributed by atoms with Crippen LogP contribution in [0.4, 0.5) is 23.2 Å². The second kappa shape index (κ2) is 11.3. The second-order valence-electron chi connectivity index (χ2n) is 9.49. The van der Waals surface area contributed by atoms with Gasteiger partial charge in [-0.1, -0.05) is 55.3 Å². The molecule has 3 atom stereocenters. The molecule has 0 unspecified atom stereocenters. The Kier molecular flexibility index (Phi) is 8.13. The maximum absolute atomic E-state index is 14.7. The summed E-state index contributed by atoms with van der Waals surface area (Å²) in [5.74, 6) is -5.48. The minimum Gasteiger partial charge on any atom is -0.354 e. The first-order valence-electron chi connectivity index (χ1n) is 12.2. The van der Waals surface area contributed by atoms with E-state index in [1.807, 2.05) is 0 Å². The Morgan fingerprint density at radius 1 is 1.05 bits per heavy atom. The van der Waals surface area contributed by atoms with E-state index >= 15 is 0 Å². The normalized spacial score (nSPS) is 18.8. The van der Waals surface area contributed by atoms with Gasteiger partial charge in [0.1, 0.15) is 5.82 Å². The lowest BCUT2D eigenvalue weighted by Gasteiger charge is -2.27. The highest BCUT2D eigenvalue weighted by Gasteiger charge is 2.41. The van der Waals surface area contributed by atoms with Gasteiger partial charge in [-0.25, -0.2) is 9.38 Å². The minimum absolute atomic E-state index is 0.125. The Bertz CT molecular complexity index is 1230. The van der Waals surface area contributed by atoms with Crippen LogP contribution in [0.3, 0.4) is 0 Å². The van der Waals surface area contributed by atoms with Crippen molar-refractivity contribution < 1.29 is 31.9 Å². The predicted octanol–water partition coefficient (Wildman–Crippen LogP) is 4.34. The van der Waals surface area contributed by atoms with Crippen LogP contribution in [0.1, 0.15) is 43.2 Å². The van der Waals surface area contributed by atoms with Crippen molar-refractivity contribution in [3.05, 3.63) is 72.5 Å². The smallest absolute Gasteiger partial charge is 0.354 e. The fraction of sp³-hybridized carbons (Fsp3) is 0.370. The van der Waals surface area contributed by atoms with E-state index < -0.39 is 60.6 Å². The molecule has 0 spiro atoms. The Labute approximate surface area is 217 Å². The predicted molar refractivity (Wildman–Crippen MR) is 132 cm³/mol. The minimum atomic E-state index is -4.55. The topological polar surface area (TPSA) is 99.7 Å². The number of hydrogen-bond donors (Lipinski definition) is 3. The number of aliphatic imine (C=N–C) groups is 1. The highest BCUT2D eigenvalue weighted by Crippen LogP contribution is 2.39. The molecule has 0 bridgehead atoms. The van der Waals surface area contributed by atoms with Crippen LogP contribution < -0.4 is 16.0 Å². The number of rotatable bonds is 9. The van der Waals surface area contributed by atoms with Gasteiger partial charge in [-0.05, 0) is 24.8 Å². The Balaban J connectivity index is 1.68. The number of amides is 3. The first kappa shape index (κ1) is 27.3. The fourth-order valence-electron chi connectivity index (χ4n) is 4.59. The van der Waals surface area contributed by atoms with Crippen molar-refractivity contribution in [3.8, 4) is 0 Å². The lowest BCUT2D eigenvalue weighted by Crippen LogP contribution is -2.48. The number of benzodiazepines with no additional fused rings is 1. The van der Waals surface area contributed by atoms with Crippen LogP contribution in [0.15, 0.2) is 53.5 Å². The van der Waals surface area contributed by atoms with E-state index in [-0.39, 0.29) is 29.3 Å². The van der Waals surface area contributed by atoms with Crippen molar-refractivity contribution >= 4 is 29.1 Å². The van der Waals surface area contributed by atoms with Crippen LogP contribution in [-0.4, -0.2) is 35.8 Å². The van der Waals surface area contributed by atoms with Crippen LogP contribution in [0, 0.1) is 30.6 Å². The van der Waals surface area contributed by atoms with Gasteiger partial charge in [-0.3, -0.25) is 14.4 Å². The Hall–Kier alpha value is -3.76. The summed E-state index contributed by atoms with van der Waals surface area (Å²) in [5, 5.41) is 7.06. The zero-order chi connectivity index (χ0) is 27.4. The Morgan fingerprint density at radius 2 is 1.76 bits per heavy atom. The number of para-hydroxylation sites is 1. The maximum atomic E-state index is 14.7. The van der Waals surface area contributed by atoms with Crippen molar-refractivity contribution in [2.75, 3.05) is 5.32 Å². The summed E-state index contributed by atoms with van der Waals surface area (Å²) in [6.07, 6.45) is -6.23. The monoisotopic (exact) mass is 531 g/mol. The van der Waals surface area contributed by atoms with Gasteiger partial charge >= 0.3 is 6.18 Å². The average molecular weight is 532 g/mol. The molecule has 2 aromatic carbocycles. The number of nitrogens with one attached hydrogen (secondary N) is 3. The number of carbonyl (C=O) groups is 3. The fourth-order valence-corrected chi connectivity index (χ4v) is 4.59. The third kappa shape index (κ3) is 6.56. The van der Waals surface area contributed by atoms with Gasteiger partial charge in [0.25, 0.3) is 5.91 Å². The van der Waals surface area contributed by atoms with Crippen LogP contribution in [0.25, 0.3) is 0 Å². The summed E-state index contributed by atoms with van der Waals surface area (Å²) in [6.45, 7) is 0. The maximum Gasteiger partial charge on any atom is 0.389 e. The molecule has 1 fully saturated rings. The van der Waals surface area contributed by atoms with Crippen LogP contribution in [-0.2, 0) is 14.4 Å². The lowest BCUT2D eigenvalue weighted by atomic mass is 9.83. The highest BCUT2D eigenvalue weighted by molar-refractivity contribution is 6.20. The molecule has 1 saturated carbocycles. The molecule has 201 valence electrons. The van der Waals surface area contributed by atoms with Gasteiger partial charge in [-0.2, -0.15) is 13.2 Å². The Morgan fingerprint density at radius 3 is 2.39 bits per heavy atom. The summed E-state index contributed by atoms with van der Waals surface area (Å²) >= 11 is 0. The summed E-state index contributed by atoms with van der Waals surface area (Å²) in [7, 11) is 3.32. The van der Waals surface area contributed by atoms with Crippen LogP contribution in [0.2, 0.25) is 0 Å². The quantitative estimate of drug-likeness (QED) is 0.420. The van der Waals surface area contributed by atoms with Crippen molar-refractivity contribution in [1.82, 2.24) is 10.6 Å². The molecule has 1 radical (unpaired) electrons. The number of halogens is 4. The largest absolute Gasteiger partial charge is 0.389 e. The first-order valence-corrected chi connectivity index (χ1v) is 12.2. The van der Waals surface area contributed by atoms with Crippen molar-refractivity contribution in [2.24, 2.45) is 22.7 Å². The van der Waals surface area contributed by atoms with Crippen molar-refractivity contribution in [2.45, 2.75) is 44.4 Å². The third-order valence-electron chi connectivity index (χ3n) is 6.71.